The fraction of sp³-hybridized carbons (Fsp3) is 0.375. The Bertz CT molecular complexity index is 344. The highest BCUT2D eigenvalue weighted by Crippen LogP contribution is 2.03. The number of nitrogens with zero attached hydrogens (tertiary/aromatic N) is 2. The van der Waals surface area contributed by atoms with E-state index in [-0.39, 0.29) is 0 Å². The molecule has 1 aromatic heterocycles. The number of carboxylic acids is 1. The standard InChI is InChI=1S/C8H13N5O2/c9-5(8(14)15)1-2-6-11-4-3-7(12-6)13-10/h3-5H,1-2,9-10H2,(H,14,15)(H,11,12,13). The number of carbonyl (C=O) groups is 1. The number of aliphatic carboxylic acids is 1. The molecule has 1 aromatic rings. The third kappa shape index (κ3) is 3.49. The number of hydrazine groups is 1. The molecular weight excluding hydrogens is 198 g/mol. The zero-order valence-corrected chi connectivity index (χ0v) is 8.05. The summed E-state index contributed by atoms with van der Waals surface area (Å²) in [5.74, 6) is 5.14. The molecule has 1 heterocycles. The number of carboxylic acid groups (broad SMARTS) is 1. The van der Waals surface area contributed by atoms with E-state index in [0.29, 0.717) is 24.5 Å². The van der Waals surface area contributed by atoms with Crippen LogP contribution in [0, 0.1) is 0 Å². The molecule has 15 heavy (non-hydrogen) atoms. The lowest BCUT2D eigenvalue weighted by atomic mass is 10.1. The van der Waals surface area contributed by atoms with Gasteiger partial charge in [-0.1, -0.05) is 0 Å². The second-order valence-corrected chi connectivity index (χ2v) is 2.99. The molecule has 6 N–H and O–H groups in total. The third-order valence-corrected chi connectivity index (χ3v) is 1.85. The molecule has 1 rings (SSSR count). The van der Waals surface area contributed by atoms with Gasteiger partial charge in [-0.2, -0.15) is 0 Å². The van der Waals surface area contributed by atoms with Crippen molar-refractivity contribution in [3.05, 3.63) is 18.1 Å². The van der Waals surface area contributed by atoms with E-state index >= 15 is 0 Å². The Morgan fingerprint density at radius 2 is 2.40 bits per heavy atom. The maximum Gasteiger partial charge on any atom is 0.320 e. The summed E-state index contributed by atoms with van der Waals surface area (Å²) in [6.45, 7) is 0. The monoisotopic (exact) mass is 211 g/mol. The maximum absolute atomic E-state index is 10.4. The van der Waals surface area contributed by atoms with Crippen LogP contribution < -0.4 is 17.0 Å². The van der Waals surface area contributed by atoms with E-state index in [2.05, 4.69) is 15.4 Å². The van der Waals surface area contributed by atoms with Crippen molar-refractivity contribution in [2.45, 2.75) is 18.9 Å². The predicted octanol–water partition coefficient (Wildman–Crippen LogP) is -0.893. The lowest BCUT2D eigenvalue weighted by Gasteiger charge is -2.05. The molecule has 0 aliphatic heterocycles. The van der Waals surface area contributed by atoms with Gasteiger partial charge in [0.25, 0.3) is 0 Å². The first kappa shape index (κ1) is 11.3. The van der Waals surface area contributed by atoms with E-state index in [1.165, 1.54) is 0 Å². The van der Waals surface area contributed by atoms with E-state index in [0.717, 1.165) is 0 Å². The molecule has 1 atom stereocenters. The van der Waals surface area contributed by atoms with Crippen molar-refractivity contribution in [1.82, 2.24) is 9.97 Å². The predicted molar refractivity (Wildman–Crippen MR) is 53.8 cm³/mol. The van der Waals surface area contributed by atoms with Crippen LogP contribution >= 0.6 is 0 Å². The molecule has 0 spiro atoms. The summed E-state index contributed by atoms with van der Waals surface area (Å²) in [6.07, 6.45) is 2.25. The topological polar surface area (TPSA) is 127 Å². The van der Waals surface area contributed by atoms with Gasteiger partial charge in [0.15, 0.2) is 0 Å². The maximum atomic E-state index is 10.4. The molecule has 0 saturated carbocycles. The molecule has 0 amide bonds. The molecule has 0 aromatic carbocycles. The molecule has 0 aliphatic carbocycles. The van der Waals surface area contributed by atoms with Crippen molar-refractivity contribution in [3.8, 4) is 0 Å². The molecular formula is C8H13N5O2. The Balaban J connectivity index is 2.53. The summed E-state index contributed by atoms with van der Waals surface area (Å²) in [7, 11) is 0. The highest BCUT2D eigenvalue weighted by atomic mass is 16.4. The van der Waals surface area contributed by atoms with Gasteiger partial charge in [-0.05, 0) is 6.42 Å². The highest BCUT2D eigenvalue weighted by molar-refractivity contribution is 5.72. The van der Waals surface area contributed by atoms with Crippen molar-refractivity contribution in [2.24, 2.45) is 11.6 Å². The fourth-order valence-corrected chi connectivity index (χ4v) is 1.01. The van der Waals surface area contributed by atoms with Crippen LogP contribution in [0.4, 0.5) is 5.82 Å². The zero-order valence-electron chi connectivity index (χ0n) is 8.05. The lowest BCUT2D eigenvalue weighted by molar-refractivity contribution is -0.138. The van der Waals surface area contributed by atoms with Crippen LogP contribution in [0.25, 0.3) is 0 Å². The smallest absolute Gasteiger partial charge is 0.320 e. The molecule has 7 heteroatoms. The quantitative estimate of drug-likeness (QED) is 0.367. The van der Waals surface area contributed by atoms with Gasteiger partial charge in [-0.25, -0.2) is 15.8 Å². The van der Waals surface area contributed by atoms with Gasteiger partial charge in [0, 0.05) is 18.7 Å². The summed E-state index contributed by atoms with van der Waals surface area (Å²) in [6, 6.07) is 0.726. The van der Waals surface area contributed by atoms with Crippen LogP contribution in [0.15, 0.2) is 12.3 Å². The summed E-state index contributed by atoms with van der Waals surface area (Å²) in [5.41, 5.74) is 7.72. The van der Waals surface area contributed by atoms with Crippen LogP contribution in [-0.2, 0) is 11.2 Å². The number of nitrogens with one attached hydrogen (secondary N) is 1. The summed E-state index contributed by atoms with van der Waals surface area (Å²) >= 11 is 0. The Morgan fingerprint density at radius 3 is 3.00 bits per heavy atom. The average Bonchev–Trinajstić information content (AvgIpc) is 2.26. The Kier molecular flexibility index (Phi) is 3.95. The van der Waals surface area contributed by atoms with Crippen LogP contribution in [0.1, 0.15) is 12.2 Å². The van der Waals surface area contributed by atoms with Gasteiger partial charge in [0.2, 0.25) is 0 Å². The van der Waals surface area contributed by atoms with Gasteiger partial charge < -0.3 is 16.3 Å². The first-order chi connectivity index (χ1) is 7.13. The van der Waals surface area contributed by atoms with E-state index in [9.17, 15) is 4.79 Å². The third-order valence-electron chi connectivity index (χ3n) is 1.85. The van der Waals surface area contributed by atoms with Crippen molar-refractivity contribution in [1.29, 1.82) is 0 Å². The van der Waals surface area contributed by atoms with Crippen molar-refractivity contribution in [3.63, 3.8) is 0 Å². The molecule has 0 saturated heterocycles. The average molecular weight is 211 g/mol. The van der Waals surface area contributed by atoms with E-state index < -0.39 is 12.0 Å². The van der Waals surface area contributed by atoms with Crippen LogP contribution in [0.3, 0.4) is 0 Å². The molecule has 0 fully saturated rings. The van der Waals surface area contributed by atoms with Gasteiger partial charge in [-0.3, -0.25) is 4.79 Å². The molecule has 1 unspecified atom stereocenters. The van der Waals surface area contributed by atoms with Crippen LogP contribution in [0.2, 0.25) is 0 Å². The second-order valence-electron chi connectivity index (χ2n) is 2.99. The number of hydrogen-bond acceptors (Lipinski definition) is 6. The summed E-state index contributed by atoms with van der Waals surface area (Å²) in [5, 5.41) is 8.56. The van der Waals surface area contributed by atoms with Crippen molar-refractivity contribution in [2.75, 3.05) is 5.43 Å². The Hall–Kier alpha value is -1.73. The van der Waals surface area contributed by atoms with Crippen LogP contribution in [0.5, 0.6) is 0 Å². The van der Waals surface area contributed by atoms with Gasteiger partial charge >= 0.3 is 5.97 Å². The van der Waals surface area contributed by atoms with Crippen molar-refractivity contribution >= 4 is 11.8 Å². The first-order valence-electron chi connectivity index (χ1n) is 4.40. The number of anilines is 1. The second kappa shape index (κ2) is 5.23. The van der Waals surface area contributed by atoms with E-state index in [1.54, 1.807) is 12.3 Å². The van der Waals surface area contributed by atoms with Gasteiger partial charge in [-0.15, -0.1) is 0 Å². The molecule has 7 nitrogen and oxygen atoms in total. The number of nitrogens with two attached hydrogens (primary N) is 2. The number of aryl methyl sites for hydroxylation is 1. The lowest BCUT2D eigenvalue weighted by Crippen LogP contribution is -2.30. The molecule has 0 radical (unpaired) electrons. The number of rotatable bonds is 5. The summed E-state index contributed by atoms with van der Waals surface area (Å²) in [4.78, 5) is 18.4. The largest absolute Gasteiger partial charge is 0.480 e. The normalized spacial score (nSPS) is 12.1. The number of hydrogen-bond donors (Lipinski definition) is 4. The fourth-order valence-electron chi connectivity index (χ4n) is 1.01. The van der Waals surface area contributed by atoms with Crippen LogP contribution in [-0.4, -0.2) is 27.1 Å². The van der Waals surface area contributed by atoms with E-state index in [4.69, 9.17) is 16.7 Å². The highest BCUT2D eigenvalue weighted by Gasteiger charge is 2.11. The van der Waals surface area contributed by atoms with E-state index in [1.807, 2.05) is 0 Å². The van der Waals surface area contributed by atoms with Gasteiger partial charge in [0.1, 0.15) is 17.7 Å². The minimum Gasteiger partial charge on any atom is -0.480 e. The first-order valence-corrected chi connectivity index (χ1v) is 4.40. The molecule has 0 aliphatic rings. The molecule has 82 valence electrons. The van der Waals surface area contributed by atoms with Gasteiger partial charge in [0.05, 0.1) is 0 Å². The van der Waals surface area contributed by atoms with Crippen molar-refractivity contribution < 1.29 is 9.90 Å². The number of nitrogen functional groups attached to an aromatic ring is 1. The zero-order chi connectivity index (χ0) is 11.3. The minimum absolute atomic E-state index is 0.295. The Morgan fingerprint density at radius 1 is 1.67 bits per heavy atom. The number of aromatic nitrogens is 2. The SMILES string of the molecule is NNc1ccnc(CCC(N)C(=O)O)n1. The minimum atomic E-state index is -1.02. The summed E-state index contributed by atoms with van der Waals surface area (Å²) < 4.78 is 0. The molecule has 0 bridgehead atoms. The Labute approximate surface area is 86.5 Å².